The van der Waals surface area contributed by atoms with Crippen molar-refractivity contribution in [2.24, 2.45) is 0 Å². The number of aryl methyl sites for hydroxylation is 1. The highest BCUT2D eigenvalue weighted by Gasteiger charge is 2.08. The van der Waals surface area contributed by atoms with E-state index in [0.29, 0.717) is 17.2 Å². The number of benzene rings is 1. The maximum Gasteiger partial charge on any atom is 0.335 e. The zero-order chi connectivity index (χ0) is 13.8. The molecule has 5 heteroatoms. The second-order valence-corrected chi connectivity index (χ2v) is 3.86. The molecule has 2 rings (SSSR count). The number of pyridine rings is 1. The Bertz CT molecular complexity index is 675. The number of hydrogen-bond donors (Lipinski definition) is 1. The zero-order valence-corrected chi connectivity index (χ0v) is 10.1. The van der Waals surface area contributed by atoms with Crippen LogP contribution in [0.3, 0.4) is 0 Å². The molecule has 0 atom stereocenters. The molecule has 0 spiro atoms. The summed E-state index contributed by atoms with van der Waals surface area (Å²) in [6, 6.07) is 11.4. The first-order valence-corrected chi connectivity index (χ1v) is 5.49. The van der Waals surface area contributed by atoms with Crippen LogP contribution >= 0.6 is 0 Å². The quantitative estimate of drug-likeness (QED) is 0.910. The average molecular weight is 254 g/mol. The van der Waals surface area contributed by atoms with Crippen LogP contribution in [0.25, 0.3) is 0 Å². The SMILES string of the molecule is Cc1cc(Oc2cccc(C#N)n2)ccc1C(=O)O. The van der Waals surface area contributed by atoms with Gasteiger partial charge in [0.1, 0.15) is 17.5 Å². The molecule has 0 fully saturated rings. The van der Waals surface area contributed by atoms with E-state index >= 15 is 0 Å². The number of aromatic carboxylic acids is 1. The first-order chi connectivity index (χ1) is 9.10. The maximum absolute atomic E-state index is 10.9. The van der Waals surface area contributed by atoms with Crippen molar-refractivity contribution in [1.29, 1.82) is 5.26 Å². The van der Waals surface area contributed by atoms with Gasteiger partial charge in [0.25, 0.3) is 0 Å². The summed E-state index contributed by atoms with van der Waals surface area (Å²) in [5.41, 5.74) is 1.09. The minimum absolute atomic E-state index is 0.228. The van der Waals surface area contributed by atoms with Crippen LogP contribution in [0.4, 0.5) is 0 Å². The van der Waals surface area contributed by atoms with E-state index < -0.39 is 5.97 Å². The first-order valence-electron chi connectivity index (χ1n) is 5.49. The molecule has 0 saturated carbocycles. The molecular weight excluding hydrogens is 244 g/mol. The first kappa shape index (κ1) is 12.6. The summed E-state index contributed by atoms with van der Waals surface area (Å²) >= 11 is 0. The second kappa shape index (κ2) is 5.19. The van der Waals surface area contributed by atoms with Gasteiger partial charge >= 0.3 is 5.97 Å². The van der Waals surface area contributed by atoms with E-state index in [1.54, 1.807) is 37.3 Å². The molecule has 19 heavy (non-hydrogen) atoms. The minimum atomic E-state index is -0.978. The molecule has 0 aliphatic heterocycles. The Hall–Kier alpha value is -2.87. The third kappa shape index (κ3) is 2.87. The van der Waals surface area contributed by atoms with E-state index in [4.69, 9.17) is 15.1 Å². The van der Waals surface area contributed by atoms with E-state index in [-0.39, 0.29) is 11.3 Å². The van der Waals surface area contributed by atoms with Crippen molar-refractivity contribution in [3.63, 3.8) is 0 Å². The van der Waals surface area contributed by atoms with Crippen molar-refractivity contribution in [2.75, 3.05) is 0 Å². The lowest BCUT2D eigenvalue weighted by Gasteiger charge is -2.07. The molecule has 0 radical (unpaired) electrons. The van der Waals surface area contributed by atoms with Gasteiger partial charge < -0.3 is 9.84 Å². The van der Waals surface area contributed by atoms with Crippen molar-refractivity contribution in [2.45, 2.75) is 6.92 Å². The number of carboxylic acids is 1. The molecule has 0 bridgehead atoms. The van der Waals surface area contributed by atoms with Crippen molar-refractivity contribution < 1.29 is 14.6 Å². The van der Waals surface area contributed by atoms with Crippen LogP contribution in [0, 0.1) is 18.3 Å². The molecule has 0 unspecified atom stereocenters. The molecule has 2 aromatic rings. The molecule has 0 aliphatic carbocycles. The highest BCUT2D eigenvalue weighted by Crippen LogP contribution is 2.22. The fraction of sp³-hybridized carbons (Fsp3) is 0.0714. The highest BCUT2D eigenvalue weighted by molar-refractivity contribution is 5.89. The van der Waals surface area contributed by atoms with Crippen LogP contribution in [-0.2, 0) is 0 Å². The molecule has 1 aromatic heterocycles. The Balaban J connectivity index is 2.26. The van der Waals surface area contributed by atoms with Gasteiger partial charge in [-0.25, -0.2) is 9.78 Å². The molecule has 1 heterocycles. The maximum atomic E-state index is 10.9. The molecule has 1 N–H and O–H groups in total. The number of rotatable bonds is 3. The van der Waals surface area contributed by atoms with E-state index in [1.807, 2.05) is 6.07 Å². The molecule has 0 saturated heterocycles. The Morgan fingerprint density at radius 2 is 2.16 bits per heavy atom. The smallest absolute Gasteiger partial charge is 0.335 e. The van der Waals surface area contributed by atoms with Crippen molar-refractivity contribution in [1.82, 2.24) is 4.98 Å². The monoisotopic (exact) mass is 254 g/mol. The van der Waals surface area contributed by atoms with Gasteiger partial charge in [-0.15, -0.1) is 0 Å². The summed E-state index contributed by atoms with van der Waals surface area (Å²) in [5.74, 6) is -0.208. The number of carbonyl (C=O) groups is 1. The minimum Gasteiger partial charge on any atom is -0.478 e. The number of aromatic nitrogens is 1. The molecule has 1 aromatic carbocycles. The number of hydrogen-bond acceptors (Lipinski definition) is 4. The van der Waals surface area contributed by atoms with E-state index in [9.17, 15) is 4.79 Å². The Kier molecular flexibility index (Phi) is 3.44. The molecular formula is C14H10N2O3. The van der Waals surface area contributed by atoms with Crippen LogP contribution in [0.5, 0.6) is 11.6 Å². The number of nitriles is 1. The zero-order valence-electron chi connectivity index (χ0n) is 10.1. The van der Waals surface area contributed by atoms with Gasteiger partial charge in [0.2, 0.25) is 5.88 Å². The van der Waals surface area contributed by atoms with Gasteiger partial charge in [-0.05, 0) is 36.8 Å². The van der Waals surface area contributed by atoms with Gasteiger partial charge in [-0.2, -0.15) is 5.26 Å². The Morgan fingerprint density at radius 1 is 1.37 bits per heavy atom. The van der Waals surface area contributed by atoms with Crippen molar-refractivity contribution >= 4 is 5.97 Å². The molecule has 0 amide bonds. The summed E-state index contributed by atoms with van der Waals surface area (Å²) < 4.78 is 5.48. The van der Waals surface area contributed by atoms with Crippen molar-refractivity contribution in [3.05, 3.63) is 53.2 Å². The Labute approximate surface area is 109 Å². The summed E-state index contributed by atoms with van der Waals surface area (Å²) in [7, 11) is 0. The third-order valence-corrected chi connectivity index (χ3v) is 2.49. The van der Waals surface area contributed by atoms with Gasteiger partial charge in [0.15, 0.2) is 0 Å². The van der Waals surface area contributed by atoms with Gasteiger partial charge in [0.05, 0.1) is 5.56 Å². The Morgan fingerprint density at radius 3 is 2.79 bits per heavy atom. The highest BCUT2D eigenvalue weighted by atomic mass is 16.5. The largest absolute Gasteiger partial charge is 0.478 e. The van der Waals surface area contributed by atoms with Crippen LogP contribution < -0.4 is 4.74 Å². The topological polar surface area (TPSA) is 83.2 Å². The van der Waals surface area contributed by atoms with Gasteiger partial charge in [-0.1, -0.05) is 6.07 Å². The lowest BCUT2D eigenvalue weighted by Crippen LogP contribution is -1.99. The number of ether oxygens (including phenoxy) is 1. The predicted octanol–water partition coefficient (Wildman–Crippen LogP) is 2.75. The fourth-order valence-corrected chi connectivity index (χ4v) is 1.59. The van der Waals surface area contributed by atoms with Crippen LogP contribution in [0.1, 0.15) is 21.6 Å². The third-order valence-electron chi connectivity index (χ3n) is 2.49. The van der Waals surface area contributed by atoms with E-state index in [1.165, 1.54) is 6.07 Å². The lowest BCUT2D eigenvalue weighted by atomic mass is 10.1. The lowest BCUT2D eigenvalue weighted by molar-refractivity contribution is 0.0696. The molecule has 94 valence electrons. The van der Waals surface area contributed by atoms with Crippen LogP contribution in [0.15, 0.2) is 36.4 Å². The van der Waals surface area contributed by atoms with Gasteiger partial charge in [-0.3, -0.25) is 0 Å². The van der Waals surface area contributed by atoms with Crippen LogP contribution in [-0.4, -0.2) is 16.1 Å². The van der Waals surface area contributed by atoms with Crippen molar-refractivity contribution in [3.8, 4) is 17.7 Å². The number of carboxylic acid groups (broad SMARTS) is 1. The predicted molar refractivity (Wildman–Crippen MR) is 67.2 cm³/mol. The van der Waals surface area contributed by atoms with E-state index in [0.717, 1.165) is 0 Å². The second-order valence-electron chi connectivity index (χ2n) is 3.86. The number of nitrogens with zero attached hydrogens (tertiary/aromatic N) is 2. The average Bonchev–Trinajstić information content (AvgIpc) is 2.38. The van der Waals surface area contributed by atoms with Crippen LogP contribution in [0.2, 0.25) is 0 Å². The summed E-state index contributed by atoms with van der Waals surface area (Å²) in [6.45, 7) is 1.69. The summed E-state index contributed by atoms with van der Waals surface area (Å²) in [4.78, 5) is 14.9. The molecule has 5 nitrogen and oxygen atoms in total. The van der Waals surface area contributed by atoms with E-state index in [2.05, 4.69) is 4.98 Å². The van der Waals surface area contributed by atoms with Gasteiger partial charge in [0, 0.05) is 6.07 Å². The standard InChI is InChI=1S/C14H10N2O3/c1-9-7-11(5-6-12(9)14(17)18)19-13-4-2-3-10(8-15)16-13/h2-7H,1H3,(H,17,18). The fourth-order valence-electron chi connectivity index (χ4n) is 1.59. The summed E-state index contributed by atoms with van der Waals surface area (Å²) in [6.07, 6.45) is 0. The normalized spacial score (nSPS) is 9.68. The summed E-state index contributed by atoms with van der Waals surface area (Å²) in [5, 5.41) is 17.7. The molecule has 0 aliphatic rings.